The standard InChI is InChI=1S/C13H15ClN2O/c1-16(2)13-6-5-10(8-12(13)14)15-9-11-4-3-7-17-11/h3-8,15H,9H2,1-2H3. The minimum Gasteiger partial charge on any atom is -0.467 e. The van der Waals surface area contributed by atoms with Gasteiger partial charge in [0.1, 0.15) is 5.76 Å². The van der Waals surface area contributed by atoms with E-state index in [4.69, 9.17) is 16.0 Å². The Morgan fingerprint density at radius 2 is 2.12 bits per heavy atom. The van der Waals surface area contributed by atoms with Crippen LogP contribution in [0.15, 0.2) is 41.0 Å². The summed E-state index contributed by atoms with van der Waals surface area (Å²) in [5.41, 5.74) is 1.99. The third-order valence-corrected chi connectivity index (χ3v) is 2.78. The SMILES string of the molecule is CN(C)c1ccc(NCc2ccco2)cc1Cl. The highest BCUT2D eigenvalue weighted by Gasteiger charge is 2.03. The molecular weight excluding hydrogens is 236 g/mol. The number of halogens is 1. The number of hydrogen-bond donors (Lipinski definition) is 1. The van der Waals surface area contributed by atoms with Gasteiger partial charge < -0.3 is 14.6 Å². The van der Waals surface area contributed by atoms with Gasteiger partial charge in [-0.15, -0.1) is 0 Å². The fraction of sp³-hybridized carbons (Fsp3) is 0.231. The Bertz CT molecular complexity index is 480. The van der Waals surface area contributed by atoms with E-state index < -0.39 is 0 Å². The van der Waals surface area contributed by atoms with Crippen molar-refractivity contribution in [1.29, 1.82) is 0 Å². The van der Waals surface area contributed by atoms with Crippen LogP contribution in [-0.2, 0) is 6.54 Å². The van der Waals surface area contributed by atoms with Gasteiger partial charge in [0.25, 0.3) is 0 Å². The molecule has 0 aliphatic heterocycles. The molecule has 0 saturated carbocycles. The van der Waals surface area contributed by atoms with Crippen molar-refractivity contribution in [3.63, 3.8) is 0 Å². The van der Waals surface area contributed by atoms with Gasteiger partial charge in [-0.2, -0.15) is 0 Å². The highest BCUT2D eigenvalue weighted by Crippen LogP contribution is 2.27. The minimum atomic E-state index is 0.657. The van der Waals surface area contributed by atoms with Crippen LogP contribution in [0.3, 0.4) is 0 Å². The number of nitrogens with one attached hydrogen (secondary N) is 1. The van der Waals surface area contributed by atoms with Crippen molar-refractivity contribution in [1.82, 2.24) is 0 Å². The lowest BCUT2D eigenvalue weighted by Gasteiger charge is -2.15. The molecular formula is C13H15ClN2O. The average Bonchev–Trinajstić information content (AvgIpc) is 2.78. The zero-order valence-electron chi connectivity index (χ0n) is 9.90. The van der Waals surface area contributed by atoms with E-state index in [0.717, 1.165) is 22.2 Å². The van der Waals surface area contributed by atoms with Gasteiger partial charge in [-0.25, -0.2) is 0 Å². The molecule has 0 radical (unpaired) electrons. The molecule has 17 heavy (non-hydrogen) atoms. The maximum atomic E-state index is 6.18. The van der Waals surface area contributed by atoms with Crippen LogP contribution in [0.5, 0.6) is 0 Å². The number of benzene rings is 1. The topological polar surface area (TPSA) is 28.4 Å². The Morgan fingerprint density at radius 3 is 2.71 bits per heavy atom. The Hall–Kier alpha value is -1.61. The fourth-order valence-electron chi connectivity index (χ4n) is 1.58. The summed E-state index contributed by atoms with van der Waals surface area (Å²) in [7, 11) is 3.94. The van der Waals surface area contributed by atoms with Gasteiger partial charge in [0.05, 0.1) is 23.5 Å². The zero-order valence-corrected chi connectivity index (χ0v) is 10.7. The summed E-state index contributed by atoms with van der Waals surface area (Å²) in [6, 6.07) is 9.72. The molecule has 1 heterocycles. The molecule has 1 aromatic heterocycles. The molecule has 2 rings (SSSR count). The van der Waals surface area contributed by atoms with Crippen molar-refractivity contribution in [2.45, 2.75) is 6.54 Å². The first-order valence-corrected chi connectivity index (χ1v) is 5.78. The van der Waals surface area contributed by atoms with Gasteiger partial charge in [0, 0.05) is 19.8 Å². The van der Waals surface area contributed by atoms with E-state index in [1.54, 1.807) is 6.26 Å². The van der Waals surface area contributed by atoms with Crippen molar-refractivity contribution in [2.24, 2.45) is 0 Å². The number of rotatable bonds is 4. The van der Waals surface area contributed by atoms with Crippen LogP contribution in [0.25, 0.3) is 0 Å². The first kappa shape index (κ1) is 11.9. The molecule has 0 aliphatic carbocycles. The second-order valence-corrected chi connectivity index (χ2v) is 4.40. The van der Waals surface area contributed by atoms with E-state index in [-0.39, 0.29) is 0 Å². The third-order valence-electron chi connectivity index (χ3n) is 2.48. The van der Waals surface area contributed by atoms with Crippen LogP contribution in [0.2, 0.25) is 5.02 Å². The van der Waals surface area contributed by atoms with Crippen molar-refractivity contribution < 1.29 is 4.42 Å². The third kappa shape index (κ3) is 2.94. The van der Waals surface area contributed by atoms with Crippen LogP contribution in [-0.4, -0.2) is 14.1 Å². The molecule has 0 unspecified atom stereocenters. The first-order chi connectivity index (χ1) is 8.16. The second-order valence-electron chi connectivity index (χ2n) is 3.99. The summed E-state index contributed by atoms with van der Waals surface area (Å²) in [6.07, 6.45) is 1.67. The molecule has 0 bridgehead atoms. The molecule has 0 aliphatic rings. The molecule has 0 amide bonds. The van der Waals surface area contributed by atoms with Crippen molar-refractivity contribution in [2.75, 3.05) is 24.3 Å². The van der Waals surface area contributed by atoms with Crippen LogP contribution in [0.4, 0.5) is 11.4 Å². The van der Waals surface area contributed by atoms with Crippen LogP contribution < -0.4 is 10.2 Å². The van der Waals surface area contributed by atoms with Gasteiger partial charge in [-0.1, -0.05) is 11.6 Å². The largest absolute Gasteiger partial charge is 0.467 e. The van der Waals surface area contributed by atoms with E-state index in [0.29, 0.717) is 6.54 Å². The highest BCUT2D eigenvalue weighted by atomic mass is 35.5. The predicted molar refractivity (Wildman–Crippen MR) is 71.8 cm³/mol. The first-order valence-electron chi connectivity index (χ1n) is 5.40. The van der Waals surface area contributed by atoms with Crippen LogP contribution in [0, 0.1) is 0 Å². The fourth-order valence-corrected chi connectivity index (χ4v) is 1.93. The maximum absolute atomic E-state index is 6.18. The smallest absolute Gasteiger partial charge is 0.122 e. The lowest BCUT2D eigenvalue weighted by atomic mass is 10.2. The second kappa shape index (κ2) is 5.15. The quantitative estimate of drug-likeness (QED) is 0.899. The average molecular weight is 251 g/mol. The Morgan fingerprint density at radius 1 is 1.29 bits per heavy atom. The van der Waals surface area contributed by atoms with Gasteiger partial charge in [0.15, 0.2) is 0 Å². The maximum Gasteiger partial charge on any atom is 0.122 e. The summed E-state index contributed by atoms with van der Waals surface area (Å²) in [5.74, 6) is 0.901. The normalized spacial score (nSPS) is 10.3. The number of nitrogens with zero attached hydrogens (tertiary/aromatic N) is 1. The van der Waals surface area contributed by atoms with Crippen LogP contribution in [0.1, 0.15) is 5.76 Å². The van der Waals surface area contributed by atoms with E-state index in [9.17, 15) is 0 Å². The zero-order chi connectivity index (χ0) is 12.3. The lowest BCUT2D eigenvalue weighted by Crippen LogP contribution is -2.09. The summed E-state index contributed by atoms with van der Waals surface area (Å²) in [6.45, 7) is 0.657. The number of furan rings is 1. The lowest BCUT2D eigenvalue weighted by molar-refractivity contribution is 0.518. The Labute approximate surface area is 106 Å². The molecule has 0 fully saturated rings. The molecule has 1 aromatic carbocycles. The summed E-state index contributed by atoms with van der Waals surface area (Å²) in [5, 5.41) is 3.99. The molecule has 0 saturated heterocycles. The Kier molecular flexibility index (Phi) is 3.59. The van der Waals surface area contributed by atoms with E-state index in [1.807, 2.05) is 49.3 Å². The molecule has 90 valence electrons. The Balaban J connectivity index is 2.05. The summed E-state index contributed by atoms with van der Waals surface area (Å²) in [4.78, 5) is 1.98. The number of anilines is 2. The van der Waals surface area contributed by atoms with Crippen molar-refractivity contribution >= 4 is 23.0 Å². The van der Waals surface area contributed by atoms with E-state index in [2.05, 4.69) is 5.32 Å². The summed E-state index contributed by atoms with van der Waals surface area (Å²) < 4.78 is 5.24. The van der Waals surface area contributed by atoms with Crippen molar-refractivity contribution in [3.8, 4) is 0 Å². The van der Waals surface area contributed by atoms with Gasteiger partial charge in [-0.05, 0) is 30.3 Å². The molecule has 1 N–H and O–H groups in total. The van der Waals surface area contributed by atoms with Crippen LogP contribution >= 0.6 is 11.6 Å². The monoisotopic (exact) mass is 250 g/mol. The molecule has 0 atom stereocenters. The molecule has 2 aromatic rings. The minimum absolute atomic E-state index is 0.657. The number of hydrogen-bond acceptors (Lipinski definition) is 3. The summed E-state index contributed by atoms with van der Waals surface area (Å²) >= 11 is 6.18. The van der Waals surface area contributed by atoms with Gasteiger partial charge in [-0.3, -0.25) is 0 Å². The molecule has 3 nitrogen and oxygen atoms in total. The van der Waals surface area contributed by atoms with Gasteiger partial charge in [0.2, 0.25) is 0 Å². The van der Waals surface area contributed by atoms with E-state index in [1.165, 1.54) is 0 Å². The molecule has 4 heteroatoms. The predicted octanol–water partition coefficient (Wildman–Crippen LogP) is 3.61. The highest BCUT2D eigenvalue weighted by molar-refractivity contribution is 6.33. The van der Waals surface area contributed by atoms with E-state index >= 15 is 0 Å². The molecule has 0 spiro atoms. The van der Waals surface area contributed by atoms with Gasteiger partial charge >= 0.3 is 0 Å². The van der Waals surface area contributed by atoms with Crippen molar-refractivity contribution in [3.05, 3.63) is 47.4 Å².